The van der Waals surface area contributed by atoms with Crippen LogP contribution in [0.2, 0.25) is 0 Å². The Kier molecular flexibility index (Phi) is 5.39. The van der Waals surface area contributed by atoms with Crippen LogP contribution in [0.3, 0.4) is 0 Å². The molecule has 31 heavy (non-hydrogen) atoms. The molecule has 0 aliphatic carbocycles. The second-order valence-corrected chi connectivity index (χ2v) is 6.58. The van der Waals surface area contributed by atoms with Gasteiger partial charge in [-0.2, -0.15) is 0 Å². The van der Waals surface area contributed by atoms with Gasteiger partial charge in [0.05, 0.1) is 22.0 Å². The Morgan fingerprint density at radius 1 is 1.03 bits per heavy atom. The van der Waals surface area contributed by atoms with Crippen molar-refractivity contribution in [2.45, 2.75) is 6.92 Å². The summed E-state index contributed by atoms with van der Waals surface area (Å²) in [5.74, 6) is 0.640. The van der Waals surface area contributed by atoms with Gasteiger partial charge >= 0.3 is 0 Å². The number of carbonyl (C=O) groups excluding carboxylic acids is 1. The van der Waals surface area contributed by atoms with Crippen molar-refractivity contribution in [3.8, 4) is 17.2 Å². The van der Waals surface area contributed by atoms with Crippen LogP contribution < -0.4 is 10.1 Å². The van der Waals surface area contributed by atoms with E-state index < -0.39 is 10.8 Å². The number of carbonyl (C=O) groups is 1. The number of aromatic nitrogens is 3. The topological polar surface area (TPSA) is 112 Å². The second kappa shape index (κ2) is 8.46. The van der Waals surface area contributed by atoms with Gasteiger partial charge in [-0.15, -0.1) is 5.10 Å². The smallest absolute Gasteiger partial charge is 0.278 e. The van der Waals surface area contributed by atoms with E-state index in [0.717, 1.165) is 0 Å². The summed E-state index contributed by atoms with van der Waals surface area (Å²) in [4.78, 5) is 23.4. The second-order valence-electron chi connectivity index (χ2n) is 6.58. The summed E-state index contributed by atoms with van der Waals surface area (Å²) >= 11 is 0. The Balaban J connectivity index is 1.58. The van der Waals surface area contributed by atoms with Crippen LogP contribution in [-0.2, 0) is 0 Å². The minimum Gasteiger partial charge on any atom is -0.455 e. The first kappa shape index (κ1) is 19.8. The third kappa shape index (κ3) is 4.25. The molecule has 0 bridgehead atoms. The molecule has 1 N–H and O–H groups in total. The normalized spacial score (nSPS) is 10.5. The lowest BCUT2D eigenvalue weighted by Gasteiger charge is -2.11. The van der Waals surface area contributed by atoms with E-state index in [-0.39, 0.29) is 11.4 Å². The highest BCUT2D eigenvalue weighted by molar-refractivity contribution is 6.04. The fourth-order valence-corrected chi connectivity index (χ4v) is 2.98. The SMILES string of the molecule is Cc1c(C(=O)Nc2ccccc2Oc2ccccc2)nnn1-c1cccc([N+](=O)[O-])c1. The standard InChI is InChI=1S/C22H17N5O4/c1-15-21(24-25-26(15)16-8-7-9-17(14-16)27(29)30)22(28)23-19-12-5-6-13-20(19)31-18-10-3-2-4-11-18/h2-14H,1H3,(H,23,28). The first-order valence-corrected chi connectivity index (χ1v) is 9.33. The Morgan fingerprint density at radius 2 is 1.77 bits per heavy atom. The van der Waals surface area contributed by atoms with E-state index in [4.69, 9.17) is 4.74 Å². The molecule has 4 rings (SSSR count). The number of benzene rings is 3. The summed E-state index contributed by atoms with van der Waals surface area (Å²) in [5, 5.41) is 21.8. The summed E-state index contributed by atoms with van der Waals surface area (Å²) in [7, 11) is 0. The lowest BCUT2D eigenvalue weighted by Crippen LogP contribution is -2.14. The largest absolute Gasteiger partial charge is 0.455 e. The van der Waals surface area contributed by atoms with E-state index in [2.05, 4.69) is 15.6 Å². The van der Waals surface area contributed by atoms with Gasteiger partial charge in [-0.25, -0.2) is 4.68 Å². The van der Waals surface area contributed by atoms with Gasteiger partial charge in [0.2, 0.25) is 0 Å². The molecule has 0 aliphatic rings. The average molecular weight is 415 g/mol. The number of anilines is 1. The number of non-ortho nitro benzene ring substituents is 1. The van der Waals surface area contributed by atoms with Crippen LogP contribution in [0.1, 0.15) is 16.2 Å². The van der Waals surface area contributed by atoms with Crippen LogP contribution in [0, 0.1) is 17.0 Å². The number of hydrogen-bond donors (Lipinski definition) is 1. The van der Waals surface area contributed by atoms with Crippen molar-refractivity contribution in [1.29, 1.82) is 0 Å². The fourth-order valence-electron chi connectivity index (χ4n) is 2.98. The zero-order valence-corrected chi connectivity index (χ0v) is 16.4. The number of nitrogens with one attached hydrogen (secondary N) is 1. The first-order valence-electron chi connectivity index (χ1n) is 9.33. The zero-order chi connectivity index (χ0) is 21.8. The number of hydrogen-bond acceptors (Lipinski definition) is 6. The van der Waals surface area contributed by atoms with E-state index in [1.807, 2.05) is 30.3 Å². The summed E-state index contributed by atoms with van der Waals surface area (Å²) in [6, 6.07) is 22.2. The van der Waals surface area contributed by atoms with Crippen molar-refractivity contribution in [3.63, 3.8) is 0 Å². The Hall–Kier alpha value is -4.53. The van der Waals surface area contributed by atoms with Gasteiger partial charge in [0.1, 0.15) is 5.75 Å². The molecular formula is C22H17N5O4. The monoisotopic (exact) mass is 415 g/mol. The van der Waals surface area contributed by atoms with Gasteiger partial charge in [-0.1, -0.05) is 41.6 Å². The predicted octanol–water partition coefficient (Wildman–Crippen LogP) is 4.53. The van der Waals surface area contributed by atoms with E-state index in [1.165, 1.54) is 16.8 Å². The molecule has 0 saturated carbocycles. The van der Waals surface area contributed by atoms with Gasteiger partial charge in [-0.3, -0.25) is 14.9 Å². The molecule has 4 aromatic rings. The number of nitro groups is 1. The molecule has 1 aromatic heterocycles. The van der Waals surface area contributed by atoms with Crippen molar-refractivity contribution in [2.24, 2.45) is 0 Å². The van der Waals surface area contributed by atoms with Gasteiger partial charge in [-0.05, 0) is 37.3 Å². The van der Waals surface area contributed by atoms with E-state index in [0.29, 0.717) is 28.6 Å². The summed E-state index contributed by atoms with van der Waals surface area (Å²) < 4.78 is 7.25. The van der Waals surface area contributed by atoms with E-state index >= 15 is 0 Å². The van der Waals surface area contributed by atoms with Crippen molar-refractivity contribution < 1.29 is 14.5 Å². The Morgan fingerprint density at radius 3 is 2.55 bits per heavy atom. The molecular weight excluding hydrogens is 398 g/mol. The molecule has 9 nitrogen and oxygen atoms in total. The van der Waals surface area contributed by atoms with E-state index in [9.17, 15) is 14.9 Å². The number of amides is 1. The number of para-hydroxylation sites is 3. The van der Waals surface area contributed by atoms with Crippen LogP contribution >= 0.6 is 0 Å². The minimum atomic E-state index is -0.493. The van der Waals surface area contributed by atoms with Crippen LogP contribution in [0.25, 0.3) is 5.69 Å². The highest BCUT2D eigenvalue weighted by Crippen LogP contribution is 2.29. The Bertz CT molecular complexity index is 1250. The van der Waals surface area contributed by atoms with Gasteiger partial charge in [0.25, 0.3) is 11.6 Å². The molecule has 0 spiro atoms. The summed E-state index contributed by atoms with van der Waals surface area (Å²) in [5.41, 5.74) is 1.37. The maximum atomic E-state index is 12.9. The van der Waals surface area contributed by atoms with Gasteiger partial charge in [0.15, 0.2) is 11.4 Å². The molecule has 0 saturated heterocycles. The fraction of sp³-hybridized carbons (Fsp3) is 0.0455. The van der Waals surface area contributed by atoms with Crippen LogP contribution in [-0.4, -0.2) is 25.8 Å². The number of rotatable bonds is 6. The third-order valence-corrected chi connectivity index (χ3v) is 4.50. The molecule has 1 amide bonds. The molecule has 3 aromatic carbocycles. The number of nitrogens with zero attached hydrogens (tertiary/aromatic N) is 4. The molecule has 1 heterocycles. The van der Waals surface area contributed by atoms with Crippen molar-refractivity contribution >= 4 is 17.3 Å². The third-order valence-electron chi connectivity index (χ3n) is 4.50. The maximum absolute atomic E-state index is 12.9. The molecule has 154 valence electrons. The lowest BCUT2D eigenvalue weighted by molar-refractivity contribution is -0.384. The lowest BCUT2D eigenvalue weighted by atomic mass is 10.2. The quantitative estimate of drug-likeness (QED) is 0.366. The molecule has 0 radical (unpaired) electrons. The predicted molar refractivity (Wildman–Crippen MR) is 114 cm³/mol. The first-order chi connectivity index (χ1) is 15.0. The zero-order valence-electron chi connectivity index (χ0n) is 16.4. The highest BCUT2D eigenvalue weighted by Gasteiger charge is 2.20. The van der Waals surface area contributed by atoms with Crippen LogP contribution in [0.4, 0.5) is 11.4 Å². The van der Waals surface area contributed by atoms with Crippen molar-refractivity contribution in [2.75, 3.05) is 5.32 Å². The van der Waals surface area contributed by atoms with E-state index in [1.54, 1.807) is 43.3 Å². The molecule has 0 fully saturated rings. The summed E-state index contributed by atoms with van der Waals surface area (Å²) in [6.07, 6.45) is 0. The average Bonchev–Trinajstić information content (AvgIpc) is 3.17. The molecule has 9 heteroatoms. The van der Waals surface area contributed by atoms with Crippen molar-refractivity contribution in [3.05, 3.63) is 100 Å². The van der Waals surface area contributed by atoms with Crippen LogP contribution in [0.15, 0.2) is 78.9 Å². The maximum Gasteiger partial charge on any atom is 0.278 e. The molecule has 0 aliphatic heterocycles. The summed E-state index contributed by atoms with van der Waals surface area (Å²) in [6.45, 7) is 1.67. The minimum absolute atomic E-state index is 0.0783. The number of ether oxygens (including phenoxy) is 1. The number of nitro benzene ring substituents is 1. The van der Waals surface area contributed by atoms with Crippen LogP contribution in [0.5, 0.6) is 11.5 Å². The Labute approximate surface area is 177 Å². The highest BCUT2D eigenvalue weighted by atomic mass is 16.6. The molecule has 0 atom stereocenters. The van der Waals surface area contributed by atoms with Crippen molar-refractivity contribution in [1.82, 2.24) is 15.0 Å². The van der Waals surface area contributed by atoms with Gasteiger partial charge < -0.3 is 10.1 Å². The van der Waals surface area contributed by atoms with Gasteiger partial charge in [0, 0.05) is 12.1 Å². The molecule has 0 unspecified atom stereocenters.